The van der Waals surface area contributed by atoms with Crippen molar-refractivity contribution in [1.82, 2.24) is 15.0 Å². The maximum Gasteiger partial charge on any atom is 0.323 e. The van der Waals surface area contributed by atoms with Crippen LogP contribution >= 0.6 is 0 Å². The number of anilines is 2. The van der Waals surface area contributed by atoms with Gasteiger partial charge in [-0.05, 0) is 31.6 Å². The number of nitrogens with zero attached hydrogens (tertiary/aromatic N) is 4. The number of nitrogens with one attached hydrogen (secondary N) is 1. The van der Waals surface area contributed by atoms with Gasteiger partial charge in [0.05, 0.1) is 6.61 Å². The molecule has 1 aromatic heterocycles. The molecular formula is C15H27N5O. The standard InChI is InChI=1S/C15H27N5O/c1-5-8-16-13-17-14(19-15(18-13)21-6-2)20-9-7-11(3)12(4)10-20/h11-12H,5-10H2,1-4H3,(H,16,17,18,19). The van der Waals surface area contributed by atoms with E-state index in [2.05, 4.69) is 45.9 Å². The molecule has 6 nitrogen and oxygen atoms in total. The molecule has 1 saturated heterocycles. The van der Waals surface area contributed by atoms with E-state index >= 15 is 0 Å². The number of hydrogen-bond acceptors (Lipinski definition) is 6. The van der Waals surface area contributed by atoms with Crippen molar-refractivity contribution in [2.45, 2.75) is 40.5 Å². The zero-order valence-electron chi connectivity index (χ0n) is 13.6. The molecule has 2 atom stereocenters. The minimum absolute atomic E-state index is 0.410. The SMILES string of the molecule is CCCNc1nc(OCC)nc(N2CCC(C)C(C)C2)n1. The van der Waals surface area contributed by atoms with Gasteiger partial charge in [0.2, 0.25) is 11.9 Å². The first-order chi connectivity index (χ1) is 10.1. The molecule has 0 aliphatic carbocycles. The van der Waals surface area contributed by atoms with Crippen LogP contribution in [0.4, 0.5) is 11.9 Å². The van der Waals surface area contributed by atoms with Crippen LogP contribution in [0.1, 0.15) is 40.5 Å². The molecule has 6 heteroatoms. The Bertz CT molecular complexity index is 454. The highest BCUT2D eigenvalue weighted by molar-refractivity contribution is 5.39. The van der Waals surface area contributed by atoms with Crippen LogP contribution in [0.15, 0.2) is 0 Å². The highest BCUT2D eigenvalue weighted by Gasteiger charge is 2.25. The molecule has 2 heterocycles. The van der Waals surface area contributed by atoms with Gasteiger partial charge in [0.1, 0.15) is 0 Å². The summed E-state index contributed by atoms with van der Waals surface area (Å²) in [4.78, 5) is 15.6. The Kier molecular flexibility index (Phi) is 5.59. The summed E-state index contributed by atoms with van der Waals surface area (Å²) in [6.45, 7) is 12.1. The Balaban J connectivity index is 2.18. The Hall–Kier alpha value is -1.59. The van der Waals surface area contributed by atoms with E-state index in [1.807, 2.05) is 6.92 Å². The normalized spacial score (nSPS) is 22.2. The zero-order chi connectivity index (χ0) is 15.2. The van der Waals surface area contributed by atoms with Gasteiger partial charge in [-0.25, -0.2) is 0 Å². The highest BCUT2D eigenvalue weighted by Crippen LogP contribution is 2.26. The molecule has 1 N–H and O–H groups in total. The summed E-state index contributed by atoms with van der Waals surface area (Å²) in [5.74, 6) is 2.74. The second kappa shape index (κ2) is 7.43. The van der Waals surface area contributed by atoms with Crippen molar-refractivity contribution in [2.75, 3.05) is 36.5 Å². The maximum atomic E-state index is 5.48. The fourth-order valence-corrected chi connectivity index (χ4v) is 2.44. The molecule has 118 valence electrons. The molecule has 2 unspecified atom stereocenters. The molecule has 0 amide bonds. The average Bonchev–Trinajstić information content (AvgIpc) is 2.48. The van der Waals surface area contributed by atoms with E-state index < -0.39 is 0 Å². The Morgan fingerprint density at radius 2 is 2.00 bits per heavy atom. The lowest BCUT2D eigenvalue weighted by atomic mass is 9.89. The highest BCUT2D eigenvalue weighted by atomic mass is 16.5. The van der Waals surface area contributed by atoms with Crippen LogP contribution in [0.5, 0.6) is 6.01 Å². The van der Waals surface area contributed by atoms with Crippen LogP contribution in [0, 0.1) is 11.8 Å². The van der Waals surface area contributed by atoms with Crippen molar-refractivity contribution in [2.24, 2.45) is 11.8 Å². The van der Waals surface area contributed by atoms with E-state index in [0.29, 0.717) is 24.5 Å². The van der Waals surface area contributed by atoms with Crippen molar-refractivity contribution in [3.63, 3.8) is 0 Å². The smallest absolute Gasteiger partial charge is 0.323 e. The molecule has 0 aromatic carbocycles. The number of ether oxygens (including phenoxy) is 1. The van der Waals surface area contributed by atoms with Crippen LogP contribution in [-0.4, -0.2) is 41.2 Å². The van der Waals surface area contributed by atoms with Crippen molar-refractivity contribution in [3.05, 3.63) is 0 Å². The van der Waals surface area contributed by atoms with E-state index in [1.54, 1.807) is 0 Å². The summed E-state index contributed by atoms with van der Waals surface area (Å²) in [7, 11) is 0. The quantitative estimate of drug-likeness (QED) is 0.869. The van der Waals surface area contributed by atoms with Gasteiger partial charge in [-0.15, -0.1) is 0 Å². The van der Waals surface area contributed by atoms with Gasteiger partial charge in [-0.1, -0.05) is 20.8 Å². The van der Waals surface area contributed by atoms with Crippen LogP contribution < -0.4 is 15.0 Å². The molecule has 0 radical (unpaired) electrons. The first kappa shape index (κ1) is 15.8. The minimum atomic E-state index is 0.410. The van der Waals surface area contributed by atoms with E-state index in [9.17, 15) is 0 Å². The Morgan fingerprint density at radius 3 is 2.67 bits per heavy atom. The summed E-state index contributed by atoms with van der Waals surface area (Å²) in [5.41, 5.74) is 0. The van der Waals surface area contributed by atoms with E-state index in [-0.39, 0.29) is 0 Å². The summed E-state index contributed by atoms with van der Waals surface area (Å²) in [5, 5.41) is 3.22. The number of aromatic nitrogens is 3. The average molecular weight is 293 g/mol. The molecule has 0 bridgehead atoms. The number of piperidine rings is 1. The lowest BCUT2D eigenvalue weighted by Gasteiger charge is -2.35. The first-order valence-corrected chi connectivity index (χ1v) is 8.01. The molecule has 21 heavy (non-hydrogen) atoms. The van der Waals surface area contributed by atoms with Crippen molar-refractivity contribution in [3.8, 4) is 6.01 Å². The Labute approximate surface area is 127 Å². The molecule has 1 fully saturated rings. The van der Waals surface area contributed by atoms with Crippen LogP contribution in [-0.2, 0) is 0 Å². The van der Waals surface area contributed by atoms with Gasteiger partial charge in [0.15, 0.2) is 0 Å². The van der Waals surface area contributed by atoms with Gasteiger partial charge in [-0.3, -0.25) is 0 Å². The van der Waals surface area contributed by atoms with Crippen molar-refractivity contribution < 1.29 is 4.74 Å². The molecule has 1 aromatic rings. The Morgan fingerprint density at radius 1 is 1.19 bits per heavy atom. The summed E-state index contributed by atoms with van der Waals surface area (Å²) < 4.78 is 5.48. The third kappa shape index (κ3) is 4.19. The number of rotatable bonds is 6. The molecule has 0 saturated carbocycles. The predicted octanol–water partition coefficient (Wildman–Crippen LogP) is 2.57. The first-order valence-electron chi connectivity index (χ1n) is 8.01. The van der Waals surface area contributed by atoms with E-state index in [0.717, 1.165) is 37.9 Å². The topological polar surface area (TPSA) is 63.2 Å². The minimum Gasteiger partial charge on any atom is -0.464 e. The summed E-state index contributed by atoms with van der Waals surface area (Å²) in [6.07, 6.45) is 2.21. The van der Waals surface area contributed by atoms with Crippen LogP contribution in [0.3, 0.4) is 0 Å². The van der Waals surface area contributed by atoms with Gasteiger partial charge in [-0.2, -0.15) is 15.0 Å². The lowest BCUT2D eigenvalue weighted by Crippen LogP contribution is -2.39. The maximum absolute atomic E-state index is 5.48. The number of hydrogen-bond donors (Lipinski definition) is 1. The van der Waals surface area contributed by atoms with Gasteiger partial charge >= 0.3 is 6.01 Å². The van der Waals surface area contributed by atoms with Crippen molar-refractivity contribution >= 4 is 11.9 Å². The van der Waals surface area contributed by atoms with Crippen LogP contribution in [0.25, 0.3) is 0 Å². The molecular weight excluding hydrogens is 266 g/mol. The third-order valence-electron chi connectivity index (χ3n) is 4.03. The predicted molar refractivity (Wildman–Crippen MR) is 84.9 cm³/mol. The fraction of sp³-hybridized carbons (Fsp3) is 0.800. The third-order valence-corrected chi connectivity index (χ3v) is 4.03. The fourth-order valence-electron chi connectivity index (χ4n) is 2.44. The van der Waals surface area contributed by atoms with Gasteiger partial charge in [0.25, 0.3) is 0 Å². The second-order valence-electron chi connectivity index (χ2n) is 5.79. The monoisotopic (exact) mass is 293 g/mol. The van der Waals surface area contributed by atoms with Gasteiger partial charge < -0.3 is 15.0 Å². The second-order valence-corrected chi connectivity index (χ2v) is 5.79. The summed E-state index contributed by atoms with van der Waals surface area (Å²) in [6, 6.07) is 0.410. The van der Waals surface area contributed by atoms with E-state index in [4.69, 9.17) is 4.74 Å². The van der Waals surface area contributed by atoms with E-state index in [1.165, 1.54) is 6.42 Å². The largest absolute Gasteiger partial charge is 0.464 e. The van der Waals surface area contributed by atoms with Crippen LogP contribution in [0.2, 0.25) is 0 Å². The molecule has 1 aliphatic heterocycles. The molecule has 0 spiro atoms. The molecule has 2 rings (SSSR count). The van der Waals surface area contributed by atoms with Gasteiger partial charge in [0, 0.05) is 19.6 Å². The lowest BCUT2D eigenvalue weighted by molar-refractivity contribution is 0.305. The molecule has 1 aliphatic rings. The van der Waals surface area contributed by atoms with Crippen molar-refractivity contribution in [1.29, 1.82) is 0 Å². The zero-order valence-corrected chi connectivity index (χ0v) is 13.6. The summed E-state index contributed by atoms with van der Waals surface area (Å²) >= 11 is 0.